The number of ether oxygens (including phenoxy) is 2. The quantitative estimate of drug-likeness (QED) is 0.457. The summed E-state index contributed by atoms with van der Waals surface area (Å²) in [5, 5.41) is 11.7. The van der Waals surface area contributed by atoms with Gasteiger partial charge in [0.1, 0.15) is 5.60 Å². The standard InChI is InChI=1S/C26H38O6S/c1-15-10-18-19-7-9-26(32-14-33-5,22(30)13-31-16(2)27)25(19,4)12-21(29)23(18)24(3)8-6-17(28)11-20(15)24/h11,15,18-19,21,23,29H,6-10,12-14H2,1-5H3/t15?,18-,19-,21?,23+,24-,25-,26-/m0/s1. The summed E-state index contributed by atoms with van der Waals surface area (Å²) in [6.07, 6.45) is 7.35. The molecule has 0 heterocycles. The van der Waals surface area contributed by atoms with E-state index < -0.39 is 23.1 Å². The van der Waals surface area contributed by atoms with E-state index in [1.807, 2.05) is 12.3 Å². The van der Waals surface area contributed by atoms with Crippen LogP contribution < -0.4 is 0 Å². The summed E-state index contributed by atoms with van der Waals surface area (Å²) in [7, 11) is 0. The number of carbonyl (C=O) groups is 3. The van der Waals surface area contributed by atoms with E-state index in [9.17, 15) is 19.5 Å². The molecule has 7 heteroatoms. The third-order valence-corrected chi connectivity index (χ3v) is 9.97. The minimum Gasteiger partial charge on any atom is -0.458 e. The first-order valence-electron chi connectivity index (χ1n) is 12.2. The van der Waals surface area contributed by atoms with Crippen LogP contribution in [0.2, 0.25) is 0 Å². The largest absolute Gasteiger partial charge is 0.458 e. The summed E-state index contributed by atoms with van der Waals surface area (Å²) in [4.78, 5) is 37.2. The number of rotatable bonds is 6. The minimum atomic E-state index is -1.06. The highest BCUT2D eigenvalue weighted by atomic mass is 32.2. The predicted octanol–water partition coefficient (Wildman–Crippen LogP) is 3.94. The van der Waals surface area contributed by atoms with E-state index in [4.69, 9.17) is 9.47 Å². The van der Waals surface area contributed by atoms with Crippen LogP contribution in [0.25, 0.3) is 0 Å². The molecule has 0 amide bonds. The Kier molecular flexibility index (Phi) is 6.64. The lowest BCUT2D eigenvalue weighted by molar-refractivity contribution is -0.194. The van der Waals surface area contributed by atoms with Gasteiger partial charge < -0.3 is 14.6 Å². The maximum absolute atomic E-state index is 13.6. The lowest BCUT2D eigenvalue weighted by atomic mass is 9.44. The first-order chi connectivity index (χ1) is 15.5. The van der Waals surface area contributed by atoms with Crippen molar-refractivity contribution in [1.82, 2.24) is 0 Å². The molecule has 3 fully saturated rings. The van der Waals surface area contributed by atoms with Crippen molar-refractivity contribution in [2.45, 2.75) is 77.9 Å². The van der Waals surface area contributed by atoms with Gasteiger partial charge in [-0.25, -0.2) is 0 Å². The van der Waals surface area contributed by atoms with Crippen LogP contribution in [0, 0.1) is 34.5 Å². The Hall–Kier alpha value is -1.18. The smallest absolute Gasteiger partial charge is 0.303 e. The van der Waals surface area contributed by atoms with Crippen molar-refractivity contribution in [2.75, 3.05) is 18.8 Å². The molecule has 0 aromatic heterocycles. The van der Waals surface area contributed by atoms with Crippen LogP contribution >= 0.6 is 11.8 Å². The number of carbonyl (C=O) groups excluding carboxylic acids is 3. The lowest BCUT2D eigenvalue weighted by Gasteiger charge is -2.62. The van der Waals surface area contributed by atoms with E-state index in [1.165, 1.54) is 24.3 Å². The second kappa shape index (κ2) is 8.80. The first kappa shape index (κ1) is 24.9. The van der Waals surface area contributed by atoms with Gasteiger partial charge in [-0.3, -0.25) is 14.4 Å². The van der Waals surface area contributed by atoms with Gasteiger partial charge in [0.2, 0.25) is 5.78 Å². The van der Waals surface area contributed by atoms with E-state index in [1.54, 1.807) is 0 Å². The number of aliphatic hydroxyl groups is 1. The molecule has 0 aliphatic heterocycles. The molecule has 6 nitrogen and oxygen atoms in total. The fourth-order valence-electron chi connectivity index (χ4n) is 8.33. The van der Waals surface area contributed by atoms with Crippen LogP contribution in [0.5, 0.6) is 0 Å². The van der Waals surface area contributed by atoms with Crippen LogP contribution in [0.4, 0.5) is 0 Å². The molecular weight excluding hydrogens is 440 g/mol. The average molecular weight is 479 g/mol. The number of ketones is 2. The van der Waals surface area contributed by atoms with Crippen molar-refractivity contribution in [2.24, 2.45) is 34.5 Å². The van der Waals surface area contributed by atoms with Crippen molar-refractivity contribution in [3.05, 3.63) is 11.6 Å². The van der Waals surface area contributed by atoms with Crippen LogP contribution in [-0.2, 0) is 23.9 Å². The molecule has 0 aromatic carbocycles. The predicted molar refractivity (Wildman–Crippen MR) is 126 cm³/mol. The maximum Gasteiger partial charge on any atom is 0.303 e. The Morgan fingerprint density at radius 3 is 2.67 bits per heavy atom. The van der Waals surface area contributed by atoms with Gasteiger partial charge in [0.25, 0.3) is 0 Å². The fourth-order valence-corrected chi connectivity index (χ4v) is 8.65. The number of esters is 1. The molecule has 3 saturated carbocycles. The molecule has 4 aliphatic rings. The SMILES string of the molecule is CSCO[C@]1(C(=O)COC(C)=O)CC[C@H]2[C@@H]3CC(C)C4=CC(=O)CC[C@]4(C)[C@H]3C(O)C[C@@]21C. The first-order valence-corrected chi connectivity index (χ1v) is 13.6. The molecule has 1 N–H and O–H groups in total. The van der Waals surface area contributed by atoms with Gasteiger partial charge in [-0.15, -0.1) is 11.8 Å². The van der Waals surface area contributed by atoms with Gasteiger partial charge in [-0.1, -0.05) is 26.3 Å². The number of aliphatic hydroxyl groups excluding tert-OH is 1. The molecule has 8 atom stereocenters. The molecule has 184 valence electrons. The Bertz CT molecular complexity index is 869. The second-order valence-corrected chi connectivity index (χ2v) is 12.0. The summed E-state index contributed by atoms with van der Waals surface area (Å²) < 4.78 is 11.5. The monoisotopic (exact) mass is 478 g/mol. The number of hydrogen-bond acceptors (Lipinski definition) is 7. The number of Topliss-reactive ketones (excluding diaryl/α,β-unsaturated/α-hetero) is 1. The Labute approximate surface area is 201 Å². The van der Waals surface area contributed by atoms with Gasteiger partial charge >= 0.3 is 5.97 Å². The number of thioether (sulfide) groups is 1. The van der Waals surface area contributed by atoms with Crippen molar-refractivity contribution in [3.63, 3.8) is 0 Å². The van der Waals surface area contributed by atoms with Gasteiger partial charge in [-0.05, 0) is 73.5 Å². The van der Waals surface area contributed by atoms with Crippen molar-refractivity contribution >= 4 is 29.3 Å². The molecule has 0 aromatic rings. The van der Waals surface area contributed by atoms with Gasteiger partial charge in [0.15, 0.2) is 12.4 Å². The molecule has 0 bridgehead atoms. The topological polar surface area (TPSA) is 89.9 Å². The molecule has 0 radical (unpaired) electrons. The van der Waals surface area contributed by atoms with Crippen molar-refractivity contribution in [3.8, 4) is 0 Å². The molecule has 33 heavy (non-hydrogen) atoms. The fraction of sp³-hybridized carbons (Fsp3) is 0.808. The molecule has 4 rings (SSSR count). The summed E-state index contributed by atoms with van der Waals surface area (Å²) in [5.74, 6) is 0.733. The molecular formula is C26H38O6S. The summed E-state index contributed by atoms with van der Waals surface area (Å²) in [6, 6.07) is 0. The average Bonchev–Trinajstić information content (AvgIpc) is 3.04. The molecule has 2 unspecified atom stereocenters. The van der Waals surface area contributed by atoms with Crippen molar-refractivity contribution < 1.29 is 29.0 Å². The Morgan fingerprint density at radius 1 is 1.27 bits per heavy atom. The third-order valence-electron chi connectivity index (χ3n) is 9.61. The van der Waals surface area contributed by atoms with Gasteiger partial charge in [0, 0.05) is 18.8 Å². The third kappa shape index (κ3) is 3.73. The molecule has 0 spiro atoms. The number of fused-ring (bicyclic) bond motifs is 5. The summed E-state index contributed by atoms with van der Waals surface area (Å²) >= 11 is 1.52. The van der Waals surface area contributed by atoms with E-state index >= 15 is 0 Å². The Balaban J connectivity index is 1.72. The lowest BCUT2D eigenvalue weighted by Crippen LogP contribution is -2.63. The van der Waals surface area contributed by atoms with E-state index in [2.05, 4.69) is 20.8 Å². The zero-order valence-electron chi connectivity index (χ0n) is 20.5. The van der Waals surface area contributed by atoms with Gasteiger partial charge in [-0.2, -0.15) is 0 Å². The normalized spacial score (nSPS) is 44.4. The summed E-state index contributed by atoms with van der Waals surface area (Å²) in [5.41, 5.74) is -0.589. The van der Waals surface area contributed by atoms with E-state index in [0.29, 0.717) is 25.2 Å². The highest BCUT2D eigenvalue weighted by molar-refractivity contribution is 7.98. The van der Waals surface area contributed by atoms with Crippen LogP contribution in [0.1, 0.15) is 66.2 Å². The summed E-state index contributed by atoms with van der Waals surface area (Å²) in [6.45, 7) is 7.57. The highest BCUT2D eigenvalue weighted by Crippen LogP contribution is 2.69. The molecule has 0 saturated heterocycles. The van der Waals surface area contributed by atoms with Crippen LogP contribution in [-0.4, -0.2) is 53.1 Å². The Morgan fingerprint density at radius 2 is 2.00 bits per heavy atom. The molecule has 4 aliphatic carbocycles. The highest BCUT2D eigenvalue weighted by Gasteiger charge is 2.69. The zero-order chi connectivity index (χ0) is 24.2. The minimum absolute atomic E-state index is 0.0750. The van der Waals surface area contributed by atoms with Crippen molar-refractivity contribution in [1.29, 1.82) is 0 Å². The van der Waals surface area contributed by atoms with Crippen LogP contribution in [0.15, 0.2) is 11.6 Å². The van der Waals surface area contributed by atoms with Crippen LogP contribution in [0.3, 0.4) is 0 Å². The zero-order valence-corrected chi connectivity index (χ0v) is 21.3. The number of hydrogen-bond donors (Lipinski definition) is 1. The van der Waals surface area contributed by atoms with E-state index in [-0.39, 0.29) is 47.3 Å². The number of allylic oxidation sites excluding steroid dienone is 1. The maximum atomic E-state index is 13.6. The van der Waals surface area contributed by atoms with Gasteiger partial charge in [0.05, 0.1) is 12.0 Å². The van der Waals surface area contributed by atoms with E-state index in [0.717, 1.165) is 19.3 Å². The second-order valence-electron chi connectivity index (χ2n) is 11.2.